The van der Waals surface area contributed by atoms with Crippen molar-refractivity contribution < 1.29 is 19.4 Å². The quantitative estimate of drug-likeness (QED) is 0.0998. The number of unbranched alkanes of at least 4 members (excludes halogenated alkanes) is 11. The number of carboxylic acids is 1. The van der Waals surface area contributed by atoms with Gasteiger partial charge in [-0.3, -0.25) is 9.59 Å². The van der Waals surface area contributed by atoms with Gasteiger partial charge < -0.3 is 9.84 Å². The van der Waals surface area contributed by atoms with Crippen LogP contribution in [0.15, 0.2) is 0 Å². The fourth-order valence-electron chi connectivity index (χ4n) is 2.68. The molecule has 0 aromatic carbocycles. The molecule has 0 fully saturated rings. The molecule has 0 spiro atoms. The van der Waals surface area contributed by atoms with Crippen LogP contribution in [0.3, 0.4) is 0 Å². The zero-order valence-corrected chi connectivity index (χ0v) is 24.5. The van der Waals surface area contributed by atoms with E-state index in [0.29, 0.717) is 13.0 Å². The van der Waals surface area contributed by atoms with E-state index in [9.17, 15) is 9.59 Å². The van der Waals surface area contributed by atoms with Crippen LogP contribution in [0, 0.1) is 0 Å². The van der Waals surface area contributed by atoms with Crippen LogP contribution < -0.4 is 0 Å². The number of carbonyl (C=O) groups excluding carboxylic acids is 1. The van der Waals surface area contributed by atoms with E-state index in [-0.39, 0.29) is 27.1 Å². The SMILES string of the molecule is CCCCCCCCCCCC(=O)O.CCCCOC(C)=O.CCC[CH2][Sn][CH2]CCC. The molecule has 2 radical (unpaired) electrons. The number of aliphatic carboxylic acids is 1. The van der Waals surface area contributed by atoms with Crippen molar-refractivity contribution in [2.75, 3.05) is 6.61 Å². The van der Waals surface area contributed by atoms with Gasteiger partial charge >= 0.3 is 81.5 Å². The summed E-state index contributed by atoms with van der Waals surface area (Å²) in [5, 5.41) is 8.41. The van der Waals surface area contributed by atoms with Crippen LogP contribution in [0.2, 0.25) is 8.87 Å². The first kappa shape index (κ1) is 35.3. The second-order valence-corrected chi connectivity index (χ2v) is 12.4. The van der Waals surface area contributed by atoms with E-state index in [0.717, 1.165) is 25.7 Å². The van der Waals surface area contributed by atoms with Crippen molar-refractivity contribution in [2.24, 2.45) is 0 Å². The number of esters is 1. The van der Waals surface area contributed by atoms with Gasteiger partial charge in [0.15, 0.2) is 0 Å². The van der Waals surface area contributed by atoms with Gasteiger partial charge in [-0.2, -0.15) is 0 Å². The molecule has 0 rings (SSSR count). The van der Waals surface area contributed by atoms with Crippen molar-refractivity contribution in [1.82, 2.24) is 0 Å². The van der Waals surface area contributed by atoms with Gasteiger partial charge in [0.05, 0.1) is 6.61 Å². The molecule has 0 aromatic rings. The van der Waals surface area contributed by atoms with Crippen molar-refractivity contribution in [3.05, 3.63) is 0 Å². The minimum absolute atomic E-state index is 0.149. The molecule has 4 nitrogen and oxygen atoms in total. The molecule has 0 saturated heterocycles. The van der Waals surface area contributed by atoms with Gasteiger partial charge in [-0.1, -0.05) is 71.6 Å². The molecule has 186 valence electrons. The molecule has 0 atom stereocenters. The van der Waals surface area contributed by atoms with Gasteiger partial charge in [0.2, 0.25) is 0 Å². The molecule has 0 amide bonds. The molecule has 1 N–H and O–H groups in total. The average Bonchev–Trinajstić information content (AvgIpc) is 2.73. The van der Waals surface area contributed by atoms with Crippen molar-refractivity contribution in [3.63, 3.8) is 0 Å². The number of carboxylic acid groups (broad SMARTS) is 1. The van der Waals surface area contributed by atoms with Gasteiger partial charge in [-0.15, -0.1) is 0 Å². The van der Waals surface area contributed by atoms with Crippen LogP contribution in [0.25, 0.3) is 0 Å². The van der Waals surface area contributed by atoms with E-state index >= 15 is 0 Å². The molecule has 0 unspecified atom stereocenters. The number of carbonyl (C=O) groups is 2. The standard InChI is InChI=1S/C12H24O2.C6H12O2.2C4H9.Sn/c1-2-3-4-5-6-7-8-9-10-11-12(13)14;1-3-4-5-8-6(2)7;2*1-3-4-2;/h2-11H2,1H3,(H,13,14);3-5H2,1-2H3;2*1,3-4H2,2H3;. The number of rotatable bonds is 19. The van der Waals surface area contributed by atoms with Gasteiger partial charge in [0.1, 0.15) is 0 Å². The summed E-state index contributed by atoms with van der Waals surface area (Å²) in [7, 11) is 0. The van der Waals surface area contributed by atoms with Gasteiger partial charge in [0.25, 0.3) is 0 Å². The third-order valence-corrected chi connectivity index (χ3v) is 8.75. The summed E-state index contributed by atoms with van der Waals surface area (Å²) in [4.78, 5) is 20.3. The van der Waals surface area contributed by atoms with Crippen molar-refractivity contribution in [3.8, 4) is 0 Å². The third kappa shape index (κ3) is 48.4. The first-order chi connectivity index (χ1) is 15.0. The fraction of sp³-hybridized carbons (Fsp3) is 0.923. The Balaban J connectivity index is -0.000000401. The summed E-state index contributed by atoms with van der Waals surface area (Å²) >= 11 is 0.149. The average molecular weight is 549 g/mol. The summed E-state index contributed by atoms with van der Waals surface area (Å²) in [6.07, 6.45) is 19.4. The Kier molecular flexibility index (Phi) is 39.2. The Morgan fingerprint density at radius 1 is 0.645 bits per heavy atom. The summed E-state index contributed by atoms with van der Waals surface area (Å²) < 4.78 is 7.89. The first-order valence-electron chi connectivity index (χ1n) is 13.0. The molecule has 0 aliphatic carbocycles. The van der Waals surface area contributed by atoms with Gasteiger partial charge in [-0.05, 0) is 12.8 Å². The Bertz CT molecular complexity index is 342. The third-order valence-electron chi connectivity index (χ3n) is 4.71. The van der Waals surface area contributed by atoms with E-state index in [1.807, 2.05) is 0 Å². The van der Waals surface area contributed by atoms with Gasteiger partial charge in [0, 0.05) is 13.3 Å². The predicted molar refractivity (Wildman–Crippen MR) is 136 cm³/mol. The van der Waals surface area contributed by atoms with Crippen LogP contribution in [0.5, 0.6) is 0 Å². The number of ether oxygens (including phenoxy) is 1. The molecule has 0 bridgehead atoms. The molecule has 0 aromatic heterocycles. The molecule has 5 heteroatoms. The molecule has 0 heterocycles. The molecular formula is C26H54O4Sn. The Labute approximate surface area is 204 Å². The Hall–Kier alpha value is -0.261. The maximum atomic E-state index is 10.2. The number of hydrogen-bond acceptors (Lipinski definition) is 3. The zero-order chi connectivity index (χ0) is 24.0. The van der Waals surface area contributed by atoms with E-state index in [4.69, 9.17) is 5.11 Å². The molecule has 0 saturated carbocycles. The Morgan fingerprint density at radius 2 is 1.06 bits per heavy atom. The second-order valence-electron chi connectivity index (χ2n) is 8.12. The molecule has 31 heavy (non-hydrogen) atoms. The van der Waals surface area contributed by atoms with Crippen LogP contribution >= 0.6 is 0 Å². The summed E-state index contributed by atoms with van der Waals surface area (Å²) in [5.74, 6) is -0.841. The normalized spacial score (nSPS) is 9.84. The number of hydrogen-bond donors (Lipinski definition) is 1. The Morgan fingerprint density at radius 3 is 1.45 bits per heavy atom. The zero-order valence-electron chi connectivity index (χ0n) is 21.6. The molecule has 0 aliphatic rings. The topological polar surface area (TPSA) is 63.6 Å². The predicted octanol–water partition coefficient (Wildman–Crippen LogP) is 8.47. The fourth-order valence-corrected chi connectivity index (χ4v) is 6.83. The van der Waals surface area contributed by atoms with E-state index < -0.39 is 5.97 Å². The first-order valence-corrected chi connectivity index (χ1v) is 17.1. The van der Waals surface area contributed by atoms with Crippen LogP contribution in [0.4, 0.5) is 0 Å². The summed E-state index contributed by atoms with van der Waals surface area (Å²) in [5.41, 5.74) is 0. The van der Waals surface area contributed by atoms with E-state index in [1.54, 1.807) is 8.87 Å². The monoisotopic (exact) mass is 550 g/mol. The molecule has 0 aliphatic heterocycles. The second kappa shape index (κ2) is 34.4. The maximum absolute atomic E-state index is 10.2. The molecular weight excluding hydrogens is 495 g/mol. The summed E-state index contributed by atoms with van der Waals surface area (Å²) in [6, 6.07) is 0. The van der Waals surface area contributed by atoms with Crippen molar-refractivity contribution in [2.45, 2.75) is 146 Å². The van der Waals surface area contributed by atoms with Gasteiger partial charge in [-0.25, -0.2) is 0 Å². The van der Waals surface area contributed by atoms with E-state index in [1.165, 1.54) is 77.6 Å². The van der Waals surface area contributed by atoms with Crippen molar-refractivity contribution in [1.29, 1.82) is 0 Å². The summed E-state index contributed by atoms with van der Waals surface area (Å²) in [6.45, 7) is 10.9. The minimum atomic E-state index is -0.659. The van der Waals surface area contributed by atoms with Crippen molar-refractivity contribution >= 4 is 33.1 Å². The van der Waals surface area contributed by atoms with E-state index in [2.05, 4.69) is 32.4 Å². The van der Waals surface area contributed by atoms with Crippen LogP contribution in [0.1, 0.15) is 137 Å². The van der Waals surface area contributed by atoms with Crippen LogP contribution in [-0.2, 0) is 14.3 Å². The van der Waals surface area contributed by atoms with Crippen LogP contribution in [-0.4, -0.2) is 44.8 Å².